The molecule has 0 spiro atoms. The number of nitrogens with zero attached hydrogens (tertiary/aromatic N) is 2. The molecule has 4 aromatic rings. The molecule has 3 aromatic carbocycles. The van der Waals surface area contributed by atoms with Crippen LogP contribution in [0.1, 0.15) is 16.1 Å². The van der Waals surface area contributed by atoms with Crippen LogP contribution < -0.4 is 10.1 Å². The molecule has 0 fully saturated rings. The number of carbonyl (C=O) groups excluding carboxylic acids is 1. The summed E-state index contributed by atoms with van der Waals surface area (Å²) in [6.07, 6.45) is -4.57. The predicted octanol–water partition coefficient (Wildman–Crippen LogP) is 5.82. The highest BCUT2D eigenvalue weighted by Gasteiger charge is 2.35. The number of aromatic nitrogens is 2. The Morgan fingerprint density at radius 2 is 1.66 bits per heavy atom. The number of carbonyl (C=O) groups is 1. The molecular formula is C24H18F3N3O2. The number of rotatable bonds is 5. The summed E-state index contributed by atoms with van der Waals surface area (Å²) in [7, 11) is 1.51. The molecule has 1 heterocycles. The first-order valence-electron chi connectivity index (χ1n) is 9.64. The first-order chi connectivity index (χ1) is 15.3. The third-order valence-electron chi connectivity index (χ3n) is 4.77. The van der Waals surface area contributed by atoms with Gasteiger partial charge in [-0.1, -0.05) is 36.4 Å². The number of hydrogen-bond acceptors (Lipinski definition) is 3. The van der Waals surface area contributed by atoms with E-state index in [0.717, 1.165) is 6.07 Å². The van der Waals surface area contributed by atoms with E-state index in [4.69, 9.17) is 4.74 Å². The lowest BCUT2D eigenvalue weighted by Gasteiger charge is -2.10. The lowest BCUT2D eigenvalue weighted by atomic mass is 10.1. The summed E-state index contributed by atoms with van der Waals surface area (Å²) >= 11 is 0. The van der Waals surface area contributed by atoms with Crippen molar-refractivity contribution in [3.8, 4) is 22.7 Å². The van der Waals surface area contributed by atoms with E-state index < -0.39 is 11.9 Å². The van der Waals surface area contributed by atoms with Crippen molar-refractivity contribution in [1.82, 2.24) is 9.78 Å². The van der Waals surface area contributed by atoms with Crippen LogP contribution in [-0.2, 0) is 6.18 Å². The molecule has 32 heavy (non-hydrogen) atoms. The van der Waals surface area contributed by atoms with Crippen molar-refractivity contribution in [2.75, 3.05) is 12.4 Å². The standard InChI is InChI=1S/C24H18F3N3O2/c1-32-20-9-5-6-17(14-20)23(31)28-18-12-10-16(11-13-18)21-15-22(24(25,26)27)29-30(21)19-7-3-2-4-8-19/h2-15H,1H3,(H,28,31). The topological polar surface area (TPSA) is 56.1 Å². The highest BCUT2D eigenvalue weighted by atomic mass is 19.4. The van der Waals surface area contributed by atoms with Gasteiger partial charge >= 0.3 is 6.18 Å². The van der Waals surface area contributed by atoms with Gasteiger partial charge in [0.05, 0.1) is 18.5 Å². The second-order valence-corrected chi connectivity index (χ2v) is 6.92. The molecule has 0 radical (unpaired) electrons. The smallest absolute Gasteiger partial charge is 0.435 e. The van der Waals surface area contributed by atoms with Crippen LogP contribution in [0.15, 0.2) is 84.9 Å². The quantitative estimate of drug-likeness (QED) is 0.428. The monoisotopic (exact) mass is 437 g/mol. The summed E-state index contributed by atoms with van der Waals surface area (Å²) in [6.45, 7) is 0. The zero-order chi connectivity index (χ0) is 22.7. The second-order valence-electron chi connectivity index (χ2n) is 6.92. The van der Waals surface area contributed by atoms with Crippen molar-refractivity contribution in [2.24, 2.45) is 0 Å². The SMILES string of the molecule is COc1cccc(C(=O)Nc2ccc(-c3cc(C(F)(F)F)nn3-c3ccccc3)cc2)c1. The first kappa shape index (κ1) is 21.2. The predicted molar refractivity (Wildman–Crippen MR) is 115 cm³/mol. The maximum absolute atomic E-state index is 13.3. The van der Waals surface area contributed by atoms with Crippen molar-refractivity contribution in [2.45, 2.75) is 6.18 Å². The van der Waals surface area contributed by atoms with Gasteiger partial charge in [0.2, 0.25) is 0 Å². The van der Waals surface area contributed by atoms with Crippen LogP contribution >= 0.6 is 0 Å². The van der Waals surface area contributed by atoms with E-state index in [-0.39, 0.29) is 11.6 Å². The maximum atomic E-state index is 13.3. The Morgan fingerprint density at radius 1 is 0.938 bits per heavy atom. The Morgan fingerprint density at radius 3 is 2.31 bits per heavy atom. The molecule has 1 amide bonds. The summed E-state index contributed by atoms with van der Waals surface area (Å²) in [4.78, 5) is 12.5. The van der Waals surface area contributed by atoms with Crippen molar-refractivity contribution in [3.63, 3.8) is 0 Å². The molecule has 0 bridgehead atoms. The van der Waals surface area contributed by atoms with Crippen LogP contribution in [-0.4, -0.2) is 22.8 Å². The van der Waals surface area contributed by atoms with E-state index >= 15 is 0 Å². The molecule has 0 aliphatic heterocycles. The number of alkyl halides is 3. The van der Waals surface area contributed by atoms with Crippen LogP contribution in [0.3, 0.4) is 0 Å². The third kappa shape index (κ3) is 4.49. The van der Waals surface area contributed by atoms with Crippen molar-refractivity contribution in [1.29, 1.82) is 0 Å². The summed E-state index contributed by atoms with van der Waals surface area (Å²) < 4.78 is 46.3. The molecule has 1 N–H and O–H groups in total. The van der Waals surface area contributed by atoms with Gasteiger partial charge in [0.1, 0.15) is 5.75 Å². The van der Waals surface area contributed by atoms with E-state index in [1.165, 1.54) is 11.8 Å². The summed E-state index contributed by atoms with van der Waals surface area (Å²) in [6, 6.07) is 22.8. The fourth-order valence-corrected chi connectivity index (χ4v) is 3.18. The van der Waals surface area contributed by atoms with Gasteiger partial charge in [-0.25, -0.2) is 4.68 Å². The van der Waals surface area contributed by atoms with Crippen molar-refractivity contribution < 1.29 is 22.7 Å². The Balaban J connectivity index is 1.62. The summed E-state index contributed by atoms with van der Waals surface area (Å²) in [5.41, 5.74) is 1.26. The molecule has 0 atom stereocenters. The summed E-state index contributed by atoms with van der Waals surface area (Å²) in [5.74, 6) is 0.230. The van der Waals surface area contributed by atoms with Crippen LogP contribution in [0, 0.1) is 0 Å². The highest BCUT2D eigenvalue weighted by molar-refractivity contribution is 6.04. The number of methoxy groups -OCH3 is 1. The molecule has 4 rings (SSSR count). The molecule has 162 valence electrons. The van der Waals surface area contributed by atoms with E-state index in [2.05, 4.69) is 10.4 Å². The van der Waals surface area contributed by atoms with Crippen LogP contribution in [0.4, 0.5) is 18.9 Å². The van der Waals surface area contributed by atoms with E-state index in [9.17, 15) is 18.0 Å². The van der Waals surface area contributed by atoms with E-state index in [1.54, 1.807) is 78.9 Å². The summed E-state index contributed by atoms with van der Waals surface area (Å²) in [5, 5.41) is 6.53. The van der Waals surface area contributed by atoms with Gasteiger partial charge < -0.3 is 10.1 Å². The largest absolute Gasteiger partial charge is 0.497 e. The van der Waals surface area contributed by atoms with Gasteiger partial charge in [-0.2, -0.15) is 18.3 Å². The number of para-hydroxylation sites is 1. The molecule has 0 aliphatic rings. The molecular weight excluding hydrogens is 419 g/mol. The Hall–Kier alpha value is -4.07. The van der Waals surface area contributed by atoms with Crippen LogP contribution in [0.5, 0.6) is 5.75 Å². The number of ether oxygens (including phenoxy) is 1. The highest BCUT2D eigenvalue weighted by Crippen LogP contribution is 2.33. The number of nitrogens with one attached hydrogen (secondary N) is 1. The Kier molecular flexibility index (Phi) is 5.68. The van der Waals surface area contributed by atoms with Gasteiger partial charge in [0.15, 0.2) is 5.69 Å². The molecule has 8 heteroatoms. The van der Waals surface area contributed by atoms with Crippen LogP contribution in [0.2, 0.25) is 0 Å². The van der Waals surface area contributed by atoms with Gasteiger partial charge in [-0.05, 0) is 48.5 Å². The lowest BCUT2D eigenvalue weighted by molar-refractivity contribution is -0.141. The van der Waals surface area contributed by atoms with Gasteiger partial charge in [-0.3, -0.25) is 4.79 Å². The third-order valence-corrected chi connectivity index (χ3v) is 4.77. The Labute approximate surface area is 182 Å². The van der Waals surface area contributed by atoms with Gasteiger partial charge in [0, 0.05) is 16.8 Å². The average molecular weight is 437 g/mol. The number of amides is 1. The zero-order valence-corrected chi connectivity index (χ0v) is 16.9. The van der Waals surface area contributed by atoms with Crippen LogP contribution in [0.25, 0.3) is 16.9 Å². The molecule has 0 aliphatic carbocycles. The van der Waals surface area contributed by atoms with Crippen molar-refractivity contribution >= 4 is 11.6 Å². The maximum Gasteiger partial charge on any atom is 0.435 e. The average Bonchev–Trinajstić information content (AvgIpc) is 3.26. The molecule has 1 aromatic heterocycles. The molecule has 0 unspecified atom stereocenters. The number of benzene rings is 3. The van der Waals surface area contributed by atoms with Crippen molar-refractivity contribution in [3.05, 3.63) is 96.2 Å². The van der Waals surface area contributed by atoms with Gasteiger partial charge in [-0.15, -0.1) is 0 Å². The molecule has 0 saturated carbocycles. The fraction of sp³-hybridized carbons (Fsp3) is 0.0833. The first-order valence-corrected chi connectivity index (χ1v) is 9.64. The fourth-order valence-electron chi connectivity index (χ4n) is 3.18. The van der Waals surface area contributed by atoms with E-state index in [1.807, 2.05) is 0 Å². The number of halogens is 3. The zero-order valence-electron chi connectivity index (χ0n) is 16.9. The minimum absolute atomic E-state index is 0.286. The number of hydrogen-bond donors (Lipinski definition) is 1. The second kappa shape index (κ2) is 8.58. The molecule has 0 saturated heterocycles. The molecule has 5 nitrogen and oxygen atoms in total. The van der Waals surface area contributed by atoms with Gasteiger partial charge in [0.25, 0.3) is 5.91 Å². The minimum Gasteiger partial charge on any atom is -0.497 e. The minimum atomic E-state index is -4.57. The normalized spacial score (nSPS) is 11.2. The lowest BCUT2D eigenvalue weighted by Crippen LogP contribution is -2.11. The number of anilines is 1. The Bertz CT molecular complexity index is 1230. The van der Waals surface area contributed by atoms with E-state index in [0.29, 0.717) is 28.3 Å².